The van der Waals surface area contributed by atoms with Gasteiger partial charge >= 0.3 is 0 Å². The average Bonchev–Trinajstić information content (AvgIpc) is 2.44. The number of aryl methyl sites for hydroxylation is 3. The maximum atomic E-state index is 6.59. The second kappa shape index (κ2) is 7.42. The fraction of sp³-hybridized carbons (Fsp3) is 0.684. The molecule has 1 aliphatic carbocycles. The highest BCUT2D eigenvalue weighted by Gasteiger charge is 2.23. The number of hydrogen-bond acceptors (Lipinski definition) is 2. The number of likely N-dealkylation sites (N-methyl/N-ethyl adjacent to an activating group) is 1. The molecule has 2 nitrogen and oxygen atoms in total. The van der Waals surface area contributed by atoms with Gasteiger partial charge in [-0.3, -0.25) is 4.90 Å². The van der Waals surface area contributed by atoms with Gasteiger partial charge in [-0.1, -0.05) is 43.9 Å². The second-order valence-corrected chi connectivity index (χ2v) is 6.80. The summed E-state index contributed by atoms with van der Waals surface area (Å²) in [4.78, 5) is 2.61. The minimum Gasteiger partial charge on any atom is -0.323 e. The molecule has 1 aromatic rings. The zero-order valence-electron chi connectivity index (χ0n) is 14.3. The summed E-state index contributed by atoms with van der Waals surface area (Å²) in [5, 5.41) is 0. The van der Waals surface area contributed by atoms with E-state index >= 15 is 0 Å². The van der Waals surface area contributed by atoms with E-state index in [1.165, 1.54) is 54.4 Å². The zero-order chi connectivity index (χ0) is 15.4. The molecule has 2 heteroatoms. The highest BCUT2D eigenvalue weighted by atomic mass is 15.2. The summed E-state index contributed by atoms with van der Waals surface area (Å²) in [5.74, 6) is 0. The van der Waals surface area contributed by atoms with Crippen LogP contribution in [0.5, 0.6) is 0 Å². The number of nitrogens with two attached hydrogens (primary N) is 1. The summed E-state index contributed by atoms with van der Waals surface area (Å²) < 4.78 is 0. The first-order chi connectivity index (χ1) is 10.0. The van der Waals surface area contributed by atoms with E-state index in [2.05, 4.69) is 44.7 Å². The van der Waals surface area contributed by atoms with Crippen molar-refractivity contribution in [2.24, 2.45) is 5.73 Å². The molecule has 0 heterocycles. The first-order valence-corrected chi connectivity index (χ1v) is 8.60. The van der Waals surface area contributed by atoms with E-state index in [1.54, 1.807) is 0 Å². The van der Waals surface area contributed by atoms with Crippen LogP contribution in [0.15, 0.2) is 12.1 Å². The second-order valence-electron chi connectivity index (χ2n) is 6.80. The van der Waals surface area contributed by atoms with E-state index in [4.69, 9.17) is 5.73 Å². The molecule has 0 radical (unpaired) electrons. The minimum absolute atomic E-state index is 0.132. The van der Waals surface area contributed by atoms with Gasteiger partial charge in [-0.05, 0) is 56.8 Å². The topological polar surface area (TPSA) is 29.3 Å². The van der Waals surface area contributed by atoms with Gasteiger partial charge in [0.1, 0.15) is 0 Å². The monoisotopic (exact) mass is 288 g/mol. The predicted octanol–water partition coefficient (Wildman–Crippen LogP) is 4.27. The van der Waals surface area contributed by atoms with Crippen molar-refractivity contribution in [3.05, 3.63) is 34.4 Å². The minimum atomic E-state index is 0.132. The molecule has 1 aromatic carbocycles. The van der Waals surface area contributed by atoms with Gasteiger partial charge in [0.05, 0.1) is 0 Å². The van der Waals surface area contributed by atoms with Gasteiger partial charge in [-0.15, -0.1) is 0 Å². The van der Waals surface area contributed by atoms with Crippen molar-refractivity contribution >= 4 is 0 Å². The molecule has 0 spiro atoms. The van der Waals surface area contributed by atoms with Gasteiger partial charge in [0.15, 0.2) is 0 Å². The van der Waals surface area contributed by atoms with Crippen LogP contribution in [0.3, 0.4) is 0 Å². The van der Waals surface area contributed by atoms with Crippen LogP contribution in [0.2, 0.25) is 0 Å². The maximum absolute atomic E-state index is 6.59. The first kappa shape index (κ1) is 16.5. The van der Waals surface area contributed by atoms with Crippen LogP contribution in [0, 0.1) is 20.8 Å². The van der Waals surface area contributed by atoms with Gasteiger partial charge < -0.3 is 5.73 Å². The largest absolute Gasteiger partial charge is 0.323 e. The molecule has 21 heavy (non-hydrogen) atoms. The van der Waals surface area contributed by atoms with Crippen LogP contribution in [-0.2, 0) is 0 Å². The third kappa shape index (κ3) is 4.08. The molecule has 0 aromatic heterocycles. The molecule has 1 aliphatic rings. The van der Waals surface area contributed by atoms with Crippen molar-refractivity contribution in [1.82, 2.24) is 4.90 Å². The Morgan fingerprint density at radius 2 is 1.67 bits per heavy atom. The van der Waals surface area contributed by atoms with Crippen LogP contribution in [0.1, 0.15) is 67.3 Å². The molecule has 1 atom stereocenters. The Hall–Kier alpha value is -0.860. The van der Waals surface area contributed by atoms with Crippen LogP contribution in [-0.4, -0.2) is 24.0 Å². The molecule has 2 rings (SSSR count). The molecule has 2 N–H and O–H groups in total. The number of nitrogens with zero attached hydrogens (tertiary/aromatic N) is 1. The molecular formula is C19H32N2. The predicted molar refractivity (Wildman–Crippen MR) is 91.7 cm³/mol. The van der Waals surface area contributed by atoms with Crippen molar-refractivity contribution in [3.8, 4) is 0 Å². The fourth-order valence-electron chi connectivity index (χ4n) is 4.10. The summed E-state index contributed by atoms with van der Waals surface area (Å²) in [5.41, 5.74) is 12.0. The number of rotatable bonds is 5. The molecule has 0 saturated heterocycles. The molecule has 118 valence electrons. The summed E-state index contributed by atoms with van der Waals surface area (Å²) in [6.45, 7) is 10.9. The van der Waals surface area contributed by atoms with Crippen LogP contribution >= 0.6 is 0 Å². The zero-order valence-corrected chi connectivity index (χ0v) is 14.3. The molecule has 1 saturated carbocycles. The van der Waals surface area contributed by atoms with Crippen molar-refractivity contribution in [2.45, 2.75) is 71.9 Å². The standard InChI is InChI=1S/C19H32N2/c1-5-21(17-9-7-6-8-10-17)13-18(20)19-15(3)11-14(2)12-16(19)4/h11-12,17-18H,5-10,13,20H2,1-4H3. The Labute approximate surface area is 130 Å². The van der Waals surface area contributed by atoms with Crippen molar-refractivity contribution in [2.75, 3.05) is 13.1 Å². The number of benzene rings is 1. The molecule has 0 amide bonds. The van der Waals surface area contributed by atoms with Crippen LogP contribution in [0.25, 0.3) is 0 Å². The molecule has 0 aliphatic heterocycles. The maximum Gasteiger partial charge on any atom is 0.0429 e. The number of hydrogen-bond donors (Lipinski definition) is 1. The van der Waals surface area contributed by atoms with E-state index in [0.29, 0.717) is 0 Å². The van der Waals surface area contributed by atoms with Crippen LogP contribution < -0.4 is 5.73 Å². The molecule has 0 bridgehead atoms. The van der Waals surface area contributed by atoms with E-state index in [-0.39, 0.29) is 6.04 Å². The smallest absolute Gasteiger partial charge is 0.0429 e. The lowest BCUT2D eigenvalue weighted by atomic mass is 9.91. The lowest BCUT2D eigenvalue weighted by Gasteiger charge is -2.35. The quantitative estimate of drug-likeness (QED) is 0.877. The van der Waals surface area contributed by atoms with E-state index in [1.807, 2.05) is 0 Å². The van der Waals surface area contributed by atoms with Gasteiger partial charge in [-0.25, -0.2) is 0 Å². The van der Waals surface area contributed by atoms with Gasteiger partial charge in [0, 0.05) is 18.6 Å². The van der Waals surface area contributed by atoms with E-state index < -0.39 is 0 Å². The van der Waals surface area contributed by atoms with E-state index in [0.717, 1.165) is 19.1 Å². The summed E-state index contributed by atoms with van der Waals surface area (Å²) in [6, 6.07) is 5.41. The lowest BCUT2D eigenvalue weighted by Crippen LogP contribution is -2.41. The van der Waals surface area contributed by atoms with Gasteiger partial charge in [0.2, 0.25) is 0 Å². The Morgan fingerprint density at radius 3 is 2.19 bits per heavy atom. The van der Waals surface area contributed by atoms with E-state index in [9.17, 15) is 0 Å². The Morgan fingerprint density at radius 1 is 1.10 bits per heavy atom. The molecule has 1 unspecified atom stereocenters. The van der Waals surface area contributed by atoms with Crippen molar-refractivity contribution in [1.29, 1.82) is 0 Å². The lowest BCUT2D eigenvalue weighted by molar-refractivity contribution is 0.154. The SMILES string of the molecule is CCN(CC(N)c1c(C)cc(C)cc1C)C1CCCCC1. The first-order valence-electron chi connectivity index (χ1n) is 8.60. The summed E-state index contributed by atoms with van der Waals surface area (Å²) in [7, 11) is 0. The third-order valence-corrected chi connectivity index (χ3v) is 5.04. The van der Waals surface area contributed by atoms with Gasteiger partial charge in [-0.2, -0.15) is 0 Å². The third-order valence-electron chi connectivity index (χ3n) is 5.04. The molecule has 1 fully saturated rings. The summed E-state index contributed by atoms with van der Waals surface area (Å²) >= 11 is 0. The Kier molecular flexibility index (Phi) is 5.83. The highest BCUT2D eigenvalue weighted by Crippen LogP contribution is 2.27. The highest BCUT2D eigenvalue weighted by molar-refractivity contribution is 5.39. The fourth-order valence-corrected chi connectivity index (χ4v) is 4.10. The molecular weight excluding hydrogens is 256 g/mol. The average molecular weight is 288 g/mol. The van der Waals surface area contributed by atoms with Crippen molar-refractivity contribution in [3.63, 3.8) is 0 Å². The Bertz CT molecular complexity index is 438. The Balaban J connectivity index is 2.10. The summed E-state index contributed by atoms with van der Waals surface area (Å²) in [6.07, 6.45) is 6.90. The normalized spacial score (nSPS) is 18.2. The van der Waals surface area contributed by atoms with Gasteiger partial charge in [0.25, 0.3) is 0 Å². The van der Waals surface area contributed by atoms with Crippen LogP contribution in [0.4, 0.5) is 0 Å². The van der Waals surface area contributed by atoms with Crippen molar-refractivity contribution < 1.29 is 0 Å².